The summed E-state index contributed by atoms with van der Waals surface area (Å²) >= 11 is 0. The second-order valence-corrected chi connectivity index (χ2v) is 6.26. The first-order valence-electron chi connectivity index (χ1n) is 8.07. The molecule has 0 radical (unpaired) electrons. The molecule has 0 spiro atoms. The van der Waals surface area contributed by atoms with Gasteiger partial charge in [-0.25, -0.2) is 0 Å². The normalized spacial score (nSPS) is 24.7. The van der Waals surface area contributed by atoms with E-state index >= 15 is 0 Å². The third-order valence-electron chi connectivity index (χ3n) is 4.48. The molecule has 1 amide bonds. The Bertz CT molecular complexity index is 490. The van der Waals surface area contributed by atoms with E-state index in [0.29, 0.717) is 0 Å². The molecule has 2 aliphatic rings. The smallest absolute Gasteiger partial charge is 0.248 e. The number of methoxy groups -OCH3 is 1. The largest absolute Gasteiger partial charge is 0.376 e. The maximum absolute atomic E-state index is 12.3. The summed E-state index contributed by atoms with van der Waals surface area (Å²) in [4.78, 5) is 18.4. The fraction of sp³-hybridized carbons (Fsp3) is 0.647. The van der Waals surface area contributed by atoms with Crippen molar-refractivity contribution in [3.05, 3.63) is 30.1 Å². The van der Waals surface area contributed by atoms with E-state index in [0.717, 1.165) is 37.5 Å². The second-order valence-electron chi connectivity index (χ2n) is 6.26. The van der Waals surface area contributed by atoms with Gasteiger partial charge in [0.25, 0.3) is 0 Å². The molecule has 0 aromatic carbocycles. The summed E-state index contributed by atoms with van der Waals surface area (Å²) in [5.41, 5.74) is 1.14. The molecule has 1 aromatic rings. The summed E-state index contributed by atoms with van der Waals surface area (Å²) in [5.74, 6) is 0.789. The van der Waals surface area contributed by atoms with Crippen molar-refractivity contribution in [2.24, 2.45) is 5.92 Å². The van der Waals surface area contributed by atoms with E-state index in [9.17, 15) is 4.79 Å². The molecule has 2 heterocycles. The molecule has 0 N–H and O–H groups in total. The van der Waals surface area contributed by atoms with Gasteiger partial charge < -0.3 is 14.4 Å². The fourth-order valence-corrected chi connectivity index (χ4v) is 3.08. The Morgan fingerprint density at radius 1 is 1.41 bits per heavy atom. The topological polar surface area (TPSA) is 51.7 Å². The number of ether oxygens (including phenoxy) is 2. The van der Waals surface area contributed by atoms with Gasteiger partial charge in [0, 0.05) is 32.7 Å². The molecule has 2 atom stereocenters. The van der Waals surface area contributed by atoms with Crippen LogP contribution in [-0.2, 0) is 20.7 Å². The van der Waals surface area contributed by atoms with Crippen LogP contribution in [0.1, 0.15) is 24.8 Å². The van der Waals surface area contributed by atoms with Crippen molar-refractivity contribution >= 4 is 5.91 Å². The maximum Gasteiger partial charge on any atom is 0.248 e. The van der Waals surface area contributed by atoms with E-state index in [1.54, 1.807) is 13.3 Å². The van der Waals surface area contributed by atoms with E-state index in [-0.39, 0.29) is 24.7 Å². The number of rotatable bonds is 7. The molecule has 3 rings (SSSR count). The molecule has 1 aromatic heterocycles. The zero-order chi connectivity index (χ0) is 15.4. The van der Waals surface area contributed by atoms with Gasteiger partial charge in [0.2, 0.25) is 5.91 Å². The van der Waals surface area contributed by atoms with Gasteiger partial charge in [-0.1, -0.05) is 6.07 Å². The van der Waals surface area contributed by atoms with Crippen LogP contribution in [0.2, 0.25) is 0 Å². The molecule has 120 valence electrons. The number of carbonyl (C=O) groups is 1. The van der Waals surface area contributed by atoms with Crippen LogP contribution in [-0.4, -0.2) is 54.8 Å². The molecule has 0 unspecified atom stereocenters. The van der Waals surface area contributed by atoms with Crippen molar-refractivity contribution in [1.82, 2.24) is 9.88 Å². The molecule has 1 aliphatic carbocycles. The lowest BCUT2D eigenvalue weighted by Gasteiger charge is -2.28. The van der Waals surface area contributed by atoms with E-state index in [4.69, 9.17) is 9.47 Å². The number of pyridine rings is 1. The quantitative estimate of drug-likeness (QED) is 0.769. The van der Waals surface area contributed by atoms with Crippen LogP contribution in [0.15, 0.2) is 24.5 Å². The Kier molecular flexibility index (Phi) is 5.05. The first kappa shape index (κ1) is 15.4. The second kappa shape index (κ2) is 7.20. The van der Waals surface area contributed by atoms with E-state index in [1.165, 1.54) is 12.8 Å². The van der Waals surface area contributed by atoms with E-state index in [1.807, 2.05) is 17.2 Å². The van der Waals surface area contributed by atoms with Crippen LogP contribution in [0.5, 0.6) is 0 Å². The van der Waals surface area contributed by atoms with Gasteiger partial charge in [0.15, 0.2) is 0 Å². The summed E-state index contributed by atoms with van der Waals surface area (Å²) in [5, 5.41) is 0. The van der Waals surface area contributed by atoms with Crippen molar-refractivity contribution in [3.8, 4) is 0 Å². The Labute approximate surface area is 131 Å². The Balaban J connectivity index is 1.67. The molecular formula is C17H24N2O3. The maximum atomic E-state index is 12.3. The van der Waals surface area contributed by atoms with Crippen molar-refractivity contribution in [2.45, 2.75) is 37.8 Å². The van der Waals surface area contributed by atoms with Crippen LogP contribution in [0, 0.1) is 5.92 Å². The average Bonchev–Trinajstić information content (AvgIpc) is 3.28. The number of nitrogens with zero attached hydrogens (tertiary/aromatic N) is 2. The minimum Gasteiger partial charge on any atom is -0.376 e. The fourth-order valence-electron chi connectivity index (χ4n) is 3.08. The SMILES string of the molecule is COCC(=O)N1CC[C@@H](OCC2CC2)[C@H]1Cc1cccnc1. The molecular weight excluding hydrogens is 280 g/mol. The molecule has 2 fully saturated rings. The first-order chi connectivity index (χ1) is 10.8. The minimum absolute atomic E-state index is 0.0499. The lowest BCUT2D eigenvalue weighted by atomic mass is 10.0. The standard InChI is InChI=1S/C17H24N2O3/c1-21-12-17(20)19-8-6-16(22-11-13-4-5-13)15(19)9-14-3-2-7-18-10-14/h2-3,7,10,13,15-16H,4-6,8-9,11-12H2,1H3/t15-,16-/m1/s1. The van der Waals surface area contributed by atoms with Crippen LogP contribution < -0.4 is 0 Å². The first-order valence-corrected chi connectivity index (χ1v) is 8.07. The van der Waals surface area contributed by atoms with Crippen LogP contribution in [0.25, 0.3) is 0 Å². The number of carbonyl (C=O) groups excluding carboxylic acids is 1. The average molecular weight is 304 g/mol. The highest BCUT2D eigenvalue weighted by atomic mass is 16.5. The zero-order valence-corrected chi connectivity index (χ0v) is 13.1. The molecule has 5 nitrogen and oxygen atoms in total. The highest BCUT2D eigenvalue weighted by molar-refractivity contribution is 5.78. The highest BCUT2D eigenvalue weighted by Crippen LogP contribution is 2.31. The Morgan fingerprint density at radius 2 is 2.27 bits per heavy atom. The molecule has 1 aliphatic heterocycles. The predicted molar refractivity (Wildman–Crippen MR) is 82.4 cm³/mol. The predicted octanol–water partition coefficient (Wildman–Crippen LogP) is 1.67. The van der Waals surface area contributed by atoms with Gasteiger partial charge in [0.05, 0.1) is 12.1 Å². The van der Waals surface area contributed by atoms with Crippen LogP contribution in [0.3, 0.4) is 0 Å². The molecule has 1 saturated heterocycles. The number of aromatic nitrogens is 1. The number of amides is 1. The van der Waals surface area contributed by atoms with Gasteiger partial charge in [-0.3, -0.25) is 9.78 Å². The van der Waals surface area contributed by atoms with Crippen LogP contribution >= 0.6 is 0 Å². The summed E-state index contributed by atoms with van der Waals surface area (Å²) in [7, 11) is 1.56. The third-order valence-corrected chi connectivity index (χ3v) is 4.48. The third kappa shape index (κ3) is 3.84. The van der Waals surface area contributed by atoms with Gasteiger partial charge in [-0.15, -0.1) is 0 Å². The lowest BCUT2D eigenvalue weighted by molar-refractivity contribution is -0.137. The van der Waals surface area contributed by atoms with Gasteiger partial charge >= 0.3 is 0 Å². The van der Waals surface area contributed by atoms with Crippen LogP contribution in [0.4, 0.5) is 0 Å². The Hall–Kier alpha value is -1.46. The lowest BCUT2D eigenvalue weighted by Crippen LogP contribution is -2.43. The van der Waals surface area contributed by atoms with Crippen molar-refractivity contribution in [3.63, 3.8) is 0 Å². The highest BCUT2D eigenvalue weighted by Gasteiger charge is 2.38. The number of hydrogen-bond acceptors (Lipinski definition) is 4. The van der Waals surface area contributed by atoms with Crippen molar-refractivity contribution in [1.29, 1.82) is 0 Å². The van der Waals surface area contributed by atoms with Gasteiger partial charge in [-0.05, 0) is 43.2 Å². The summed E-state index contributed by atoms with van der Waals surface area (Å²) in [6.07, 6.45) is 8.04. The van der Waals surface area contributed by atoms with Gasteiger partial charge in [0.1, 0.15) is 6.61 Å². The Morgan fingerprint density at radius 3 is 2.95 bits per heavy atom. The molecule has 22 heavy (non-hydrogen) atoms. The van der Waals surface area contributed by atoms with E-state index in [2.05, 4.69) is 11.1 Å². The number of likely N-dealkylation sites (tertiary alicyclic amines) is 1. The summed E-state index contributed by atoms with van der Waals surface area (Å²) in [6.45, 7) is 1.72. The minimum atomic E-state index is 0.0499. The summed E-state index contributed by atoms with van der Waals surface area (Å²) < 4.78 is 11.1. The molecule has 1 saturated carbocycles. The van der Waals surface area contributed by atoms with Crippen molar-refractivity contribution < 1.29 is 14.3 Å². The zero-order valence-electron chi connectivity index (χ0n) is 13.1. The molecule has 5 heteroatoms. The van der Waals surface area contributed by atoms with E-state index < -0.39 is 0 Å². The monoisotopic (exact) mass is 304 g/mol. The van der Waals surface area contributed by atoms with Crippen molar-refractivity contribution in [2.75, 3.05) is 26.9 Å². The summed E-state index contributed by atoms with van der Waals surface area (Å²) in [6, 6.07) is 4.08. The number of hydrogen-bond donors (Lipinski definition) is 0. The molecule has 0 bridgehead atoms. The van der Waals surface area contributed by atoms with Gasteiger partial charge in [-0.2, -0.15) is 0 Å².